The van der Waals surface area contributed by atoms with Crippen molar-refractivity contribution >= 4 is 5.91 Å². The molecule has 88 valence electrons. The SMILES string of the molecule is C=CCNC(=O)CNCc1ccc(CC)o1. The molecule has 0 unspecified atom stereocenters. The van der Waals surface area contributed by atoms with Crippen LogP contribution in [0.25, 0.3) is 0 Å². The first-order valence-electron chi connectivity index (χ1n) is 5.42. The van der Waals surface area contributed by atoms with Gasteiger partial charge in [0.2, 0.25) is 5.91 Å². The van der Waals surface area contributed by atoms with E-state index in [9.17, 15) is 4.79 Å². The summed E-state index contributed by atoms with van der Waals surface area (Å²) >= 11 is 0. The van der Waals surface area contributed by atoms with Gasteiger partial charge in [0.15, 0.2) is 0 Å². The Balaban J connectivity index is 2.19. The Kier molecular flexibility index (Phi) is 5.36. The lowest BCUT2D eigenvalue weighted by Gasteiger charge is -2.03. The first-order valence-corrected chi connectivity index (χ1v) is 5.42. The van der Waals surface area contributed by atoms with Gasteiger partial charge >= 0.3 is 0 Å². The predicted octanol–water partition coefficient (Wildman–Crippen LogP) is 1.23. The molecule has 4 nitrogen and oxygen atoms in total. The van der Waals surface area contributed by atoms with Crippen LogP contribution in [0.4, 0.5) is 0 Å². The molecule has 0 spiro atoms. The molecular weight excluding hydrogens is 204 g/mol. The van der Waals surface area contributed by atoms with E-state index in [1.54, 1.807) is 6.08 Å². The van der Waals surface area contributed by atoms with E-state index in [0.29, 0.717) is 13.1 Å². The zero-order valence-corrected chi connectivity index (χ0v) is 9.58. The van der Waals surface area contributed by atoms with Gasteiger partial charge in [0, 0.05) is 13.0 Å². The van der Waals surface area contributed by atoms with Crippen molar-refractivity contribution in [2.75, 3.05) is 13.1 Å². The Morgan fingerprint density at radius 1 is 1.50 bits per heavy atom. The van der Waals surface area contributed by atoms with E-state index < -0.39 is 0 Å². The number of carbonyl (C=O) groups excluding carboxylic acids is 1. The summed E-state index contributed by atoms with van der Waals surface area (Å²) in [6, 6.07) is 3.88. The number of furan rings is 1. The molecule has 0 aromatic carbocycles. The molecule has 0 bridgehead atoms. The number of carbonyl (C=O) groups is 1. The number of hydrogen-bond donors (Lipinski definition) is 2. The minimum absolute atomic E-state index is 0.0397. The van der Waals surface area contributed by atoms with E-state index in [4.69, 9.17) is 4.42 Å². The third-order valence-corrected chi connectivity index (χ3v) is 2.09. The van der Waals surface area contributed by atoms with E-state index in [0.717, 1.165) is 17.9 Å². The van der Waals surface area contributed by atoms with E-state index in [1.165, 1.54) is 0 Å². The molecule has 2 N–H and O–H groups in total. The fourth-order valence-corrected chi connectivity index (χ4v) is 1.26. The van der Waals surface area contributed by atoms with Crippen molar-refractivity contribution in [3.8, 4) is 0 Å². The summed E-state index contributed by atoms with van der Waals surface area (Å²) in [5.74, 6) is 1.78. The molecule has 0 saturated heterocycles. The van der Waals surface area contributed by atoms with Crippen molar-refractivity contribution in [3.05, 3.63) is 36.3 Å². The lowest BCUT2D eigenvalue weighted by Crippen LogP contribution is -2.33. The van der Waals surface area contributed by atoms with E-state index in [1.807, 2.05) is 19.1 Å². The third-order valence-electron chi connectivity index (χ3n) is 2.09. The van der Waals surface area contributed by atoms with Gasteiger partial charge in [0.1, 0.15) is 11.5 Å². The Labute approximate surface area is 95.7 Å². The number of amides is 1. The van der Waals surface area contributed by atoms with Crippen LogP contribution in [0.1, 0.15) is 18.4 Å². The Morgan fingerprint density at radius 2 is 2.25 bits per heavy atom. The molecule has 1 aromatic rings. The maximum absolute atomic E-state index is 11.2. The van der Waals surface area contributed by atoms with Crippen LogP contribution >= 0.6 is 0 Å². The summed E-state index contributed by atoms with van der Waals surface area (Å²) in [7, 11) is 0. The van der Waals surface area contributed by atoms with Crippen LogP contribution in [0.5, 0.6) is 0 Å². The van der Waals surface area contributed by atoms with Crippen LogP contribution in [-0.2, 0) is 17.8 Å². The first-order chi connectivity index (χ1) is 7.76. The second kappa shape index (κ2) is 6.85. The van der Waals surface area contributed by atoms with Gasteiger partial charge in [-0.3, -0.25) is 4.79 Å². The smallest absolute Gasteiger partial charge is 0.234 e. The maximum atomic E-state index is 11.2. The second-order valence-corrected chi connectivity index (χ2v) is 3.42. The normalized spacial score (nSPS) is 10.1. The molecule has 4 heteroatoms. The number of hydrogen-bond acceptors (Lipinski definition) is 3. The molecule has 16 heavy (non-hydrogen) atoms. The Bertz CT molecular complexity index is 345. The summed E-state index contributed by atoms with van der Waals surface area (Å²) in [6.45, 7) is 6.92. The van der Waals surface area contributed by atoms with Crippen molar-refractivity contribution < 1.29 is 9.21 Å². The molecule has 0 atom stereocenters. The molecule has 0 aliphatic heterocycles. The van der Waals surface area contributed by atoms with Crippen molar-refractivity contribution in [2.45, 2.75) is 19.9 Å². The molecule has 0 aliphatic carbocycles. The molecule has 0 aliphatic rings. The highest BCUT2D eigenvalue weighted by Gasteiger charge is 2.02. The van der Waals surface area contributed by atoms with E-state index in [2.05, 4.69) is 17.2 Å². The van der Waals surface area contributed by atoms with E-state index >= 15 is 0 Å². The van der Waals surface area contributed by atoms with Crippen molar-refractivity contribution in [2.24, 2.45) is 0 Å². The number of aryl methyl sites for hydroxylation is 1. The zero-order valence-electron chi connectivity index (χ0n) is 9.58. The van der Waals surface area contributed by atoms with Gasteiger partial charge in [-0.2, -0.15) is 0 Å². The minimum Gasteiger partial charge on any atom is -0.465 e. The average molecular weight is 222 g/mol. The third kappa shape index (κ3) is 4.31. The fourth-order valence-electron chi connectivity index (χ4n) is 1.26. The van der Waals surface area contributed by atoms with Crippen LogP contribution in [-0.4, -0.2) is 19.0 Å². The average Bonchev–Trinajstić information content (AvgIpc) is 2.74. The molecule has 1 heterocycles. The van der Waals surface area contributed by atoms with Crippen LogP contribution in [0, 0.1) is 0 Å². The maximum Gasteiger partial charge on any atom is 0.234 e. The standard InChI is InChI=1S/C12H18N2O2/c1-3-7-14-12(15)9-13-8-11-6-5-10(4-2)16-11/h3,5-6,13H,1,4,7-9H2,2H3,(H,14,15). The van der Waals surface area contributed by atoms with Gasteiger partial charge in [-0.1, -0.05) is 13.0 Å². The molecular formula is C12H18N2O2. The van der Waals surface area contributed by atoms with E-state index in [-0.39, 0.29) is 12.5 Å². The fraction of sp³-hybridized carbons (Fsp3) is 0.417. The van der Waals surface area contributed by atoms with Gasteiger partial charge in [-0.25, -0.2) is 0 Å². The molecule has 1 amide bonds. The Hall–Kier alpha value is -1.55. The Morgan fingerprint density at radius 3 is 2.88 bits per heavy atom. The topological polar surface area (TPSA) is 54.3 Å². The van der Waals surface area contributed by atoms with Crippen molar-refractivity contribution in [1.29, 1.82) is 0 Å². The van der Waals surface area contributed by atoms with Crippen molar-refractivity contribution in [3.63, 3.8) is 0 Å². The van der Waals surface area contributed by atoms with Crippen LogP contribution < -0.4 is 10.6 Å². The van der Waals surface area contributed by atoms with Gasteiger partial charge in [0.05, 0.1) is 13.1 Å². The zero-order chi connectivity index (χ0) is 11.8. The highest BCUT2D eigenvalue weighted by atomic mass is 16.3. The summed E-state index contributed by atoms with van der Waals surface area (Å²) in [6.07, 6.45) is 2.54. The van der Waals surface area contributed by atoms with Gasteiger partial charge in [0.25, 0.3) is 0 Å². The quantitative estimate of drug-likeness (QED) is 0.682. The first kappa shape index (κ1) is 12.5. The van der Waals surface area contributed by atoms with Crippen LogP contribution in [0.15, 0.2) is 29.2 Å². The van der Waals surface area contributed by atoms with Gasteiger partial charge in [-0.05, 0) is 12.1 Å². The predicted molar refractivity (Wildman–Crippen MR) is 63.0 cm³/mol. The molecule has 1 rings (SSSR count). The van der Waals surface area contributed by atoms with Gasteiger partial charge < -0.3 is 15.1 Å². The lowest BCUT2D eigenvalue weighted by atomic mass is 10.3. The summed E-state index contributed by atoms with van der Waals surface area (Å²) in [5.41, 5.74) is 0. The molecule has 0 radical (unpaired) electrons. The second-order valence-electron chi connectivity index (χ2n) is 3.42. The summed E-state index contributed by atoms with van der Waals surface area (Å²) in [5, 5.41) is 5.69. The number of rotatable bonds is 7. The molecule has 0 saturated carbocycles. The highest BCUT2D eigenvalue weighted by molar-refractivity contribution is 5.78. The lowest BCUT2D eigenvalue weighted by molar-refractivity contribution is -0.120. The summed E-state index contributed by atoms with van der Waals surface area (Å²) < 4.78 is 5.49. The van der Waals surface area contributed by atoms with Crippen LogP contribution in [0.2, 0.25) is 0 Å². The molecule has 1 aromatic heterocycles. The monoisotopic (exact) mass is 222 g/mol. The highest BCUT2D eigenvalue weighted by Crippen LogP contribution is 2.07. The van der Waals surface area contributed by atoms with Gasteiger partial charge in [-0.15, -0.1) is 6.58 Å². The van der Waals surface area contributed by atoms with Crippen molar-refractivity contribution in [1.82, 2.24) is 10.6 Å². The summed E-state index contributed by atoms with van der Waals surface area (Å²) in [4.78, 5) is 11.2. The largest absolute Gasteiger partial charge is 0.465 e. The molecule has 0 fully saturated rings. The number of nitrogens with one attached hydrogen (secondary N) is 2. The minimum atomic E-state index is -0.0397. The van der Waals surface area contributed by atoms with Crippen LogP contribution in [0.3, 0.4) is 0 Å².